The smallest absolute Gasteiger partial charge is 0.115 e. The minimum absolute atomic E-state index is 0. The third-order valence-corrected chi connectivity index (χ3v) is 6.72. The maximum absolute atomic E-state index is 10.5. The van der Waals surface area contributed by atoms with Gasteiger partial charge in [-0.2, -0.15) is 0 Å². The summed E-state index contributed by atoms with van der Waals surface area (Å²) in [4.78, 5) is 0. The zero-order valence-electron chi connectivity index (χ0n) is 13.3. The Morgan fingerprint density at radius 2 is 1.83 bits per heavy atom. The van der Waals surface area contributed by atoms with E-state index in [0.717, 1.165) is 25.7 Å². The van der Waals surface area contributed by atoms with Gasteiger partial charge in [0.2, 0.25) is 0 Å². The highest BCUT2D eigenvalue weighted by atomic mass is 16.4. The molecule has 6 N–H and O–H groups in total. The van der Waals surface area contributed by atoms with Crippen LogP contribution in [-0.4, -0.2) is 44.2 Å². The fraction of sp³-hybridized carbons (Fsp3) is 0.667. The number of aliphatic hydroxyl groups is 3. The van der Waals surface area contributed by atoms with Crippen molar-refractivity contribution in [2.45, 2.75) is 56.8 Å². The number of phenolic OH excluding ortho intramolecular Hbond substituents is 1. The molecule has 0 unspecified atom stereocenters. The van der Waals surface area contributed by atoms with Crippen LogP contribution in [0.5, 0.6) is 5.75 Å². The number of aliphatic hydroxyl groups excluding tert-OH is 3. The van der Waals surface area contributed by atoms with E-state index in [-0.39, 0.29) is 17.3 Å². The molecule has 0 aromatic heterocycles. The lowest BCUT2D eigenvalue weighted by Crippen LogP contribution is -2.46. The first kappa shape index (κ1) is 16.7. The minimum atomic E-state index is -1.03. The summed E-state index contributed by atoms with van der Waals surface area (Å²) in [6.07, 6.45) is 0.894. The standard InChI is InChI=1S/C18H24O4.H2O/c1-18-7-6-12-11-5-3-10(19)8-9(11)2-4-13(12)14(18)15(20)16(21)17(18)22;/h3,5,8,12-17,19-22H,2,4,6-7H2,1H3;1H2/t12-,13-,14-,15+,16-,17+,18+;/m1./s1. The van der Waals surface area contributed by atoms with Crippen LogP contribution in [0.3, 0.4) is 0 Å². The molecule has 3 aliphatic rings. The van der Waals surface area contributed by atoms with E-state index in [4.69, 9.17) is 0 Å². The third-order valence-electron chi connectivity index (χ3n) is 6.72. The average Bonchev–Trinajstić information content (AvgIpc) is 2.68. The van der Waals surface area contributed by atoms with Gasteiger partial charge >= 0.3 is 0 Å². The molecule has 23 heavy (non-hydrogen) atoms. The van der Waals surface area contributed by atoms with Crippen LogP contribution >= 0.6 is 0 Å². The summed E-state index contributed by atoms with van der Waals surface area (Å²) in [5.41, 5.74) is 2.09. The highest BCUT2D eigenvalue weighted by Gasteiger charge is 2.62. The van der Waals surface area contributed by atoms with E-state index >= 15 is 0 Å². The van der Waals surface area contributed by atoms with Crippen molar-refractivity contribution in [1.29, 1.82) is 0 Å². The molecule has 0 saturated heterocycles. The van der Waals surface area contributed by atoms with Gasteiger partial charge in [0.1, 0.15) is 11.9 Å². The van der Waals surface area contributed by atoms with Gasteiger partial charge in [-0.1, -0.05) is 13.0 Å². The van der Waals surface area contributed by atoms with Crippen molar-refractivity contribution in [3.05, 3.63) is 29.3 Å². The number of aromatic hydroxyl groups is 1. The lowest BCUT2D eigenvalue weighted by atomic mass is 9.55. The highest BCUT2D eigenvalue weighted by molar-refractivity contribution is 5.40. The lowest BCUT2D eigenvalue weighted by molar-refractivity contribution is -0.0505. The van der Waals surface area contributed by atoms with Crippen molar-refractivity contribution in [1.82, 2.24) is 0 Å². The number of hydrogen-bond acceptors (Lipinski definition) is 4. The Morgan fingerprint density at radius 1 is 1.09 bits per heavy atom. The number of benzene rings is 1. The van der Waals surface area contributed by atoms with E-state index in [1.807, 2.05) is 19.1 Å². The Kier molecular flexibility index (Phi) is 3.96. The van der Waals surface area contributed by atoms with Crippen LogP contribution in [0.2, 0.25) is 0 Å². The van der Waals surface area contributed by atoms with Crippen molar-refractivity contribution < 1.29 is 25.9 Å². The molecule has 7 atom stereocenters. The zero-order valence-corrected chi connectivity index (χ0v) is 13.3. The molecule has 3 aliphatic carbocycles. The normalized spacial score (nSPS) is 44.7. The first-order valence-electron chi connectivity index (χ1n) is 8.29. The molecule has 0 bridgehead atoms. The van der Waals surface area contributed by atoms with E-state index in [1.54, 1.807) is 6.07 Å². The maximum atomic E-state index is 10.5. The summed E-state index contributed by atoms with van der Waals surface area (Å²) in [5.74, 6) is 0.898. The monoisotopic (exact) mass is 322 g/mol. The molecule has 1 aromatic rings. The van der Waals surface area contributed by atoms with Crippen molar-refractivity contribution >= 4 is 0 Å². The number of fused-ring (bicyclic) bond motifs is 5. The van der Waals surface area contributed by atoms with E-state index < -0.39 is 23.7 Å². The summed E-state index contributed by atoms with van der Waals surface area (Å²) < 4.78 is 0. The quantitative estimate of drug-likeness (QED) is 0.564. The van der Waals surface area contributed by atoms with Gasteiger partial charge in [0.25, 0.3) is 0 Å². The Bertz CT molecular complexity index is 603. The van der Waals surface area contributed by atoms with E-state index in [2.05, 4.69) is 0 Å². The molecule has 0 heterocycles. The van der Waals surface area contributed by atoms with Gasteiger partial charge in [-0.25, -0.2) is 0 Å². The van der Waals surface area contributed by atoms with Crippen LogP contribution < -0.4 is 0 Å². The molecule has 2 saturated carbocycles. The van der Waals surface area contributed by atoms with Crippen LogP contribution in [-0.2, 0) is 6.42 Å². The number of hydrogen-bond donors (Lipinski definition) is 4. The molecule has 0 amide bonds. The van der Waals surface area contributed by atoms with Crippen molar-refractivity contribution in [2.75, 3.05) is 0 Å². The summed E-state index contributed by atoms with van der Waals surface area (Å²) in [6.45, 7) is 2.02. The first-order chi connectivity index (χ1) is 10.4. The number of phenols is 1. The summed E-state index contributed by atoms with van der Waals surface area (Å²) in [6, 6.07) is 5.61. The van der Waals surface area contributed by atoms with Gasteiger partial charge in [-0.3, -0.25) is 0 Å². The van der Waals surface area contributed by atoms with Crippen LogP contribution in [0.4, 0.5) is 0 Å². The second-order valence-electron chi connectivity index (χ2n) is 7.69. The predicted octanol–water partition coefficient (Wildman–Crippen LogP) is 0.726. The fourth-order valence-electron chi connectivity index (χ4n) is 5.62. The SMILES string of the molecule is C[C@]12CC[C@@H]3c4ccc(O)cc4CC[C@H]3[C@@H]1[C@H](O)[C@@H](O)[C@@H]2O.O. The van der Waals surface area contributed by atoms with Gasteiger partial charge in [-0.15, -0.1) is 0 Å². The van der Waals surface area contributed by atoms with Crippen molar-refractivity contribution in [3.8, 4) is 5.75 Å². The van der Waals surface area contributed by atoms with Crippen molar-refractivity contribution in [3.63, 3.8) is 0 Å². The highest BCUT2D eigenvalue weighted by Crippen LogP contribution is 2.60. The van der Waals surface area contributed by atoms with Gasteiger partial charge in [0.05, 0.1) is 12.2 Å². The van der Waals surface area contributed by atoms with Crippen LogP contribution in [0.15, 0.2) is 18.2 Å². The molecule has 0 radical (unpaired) electrons. The van der Waals surface area contributed by atoms with Crippen LogP contribution in [0.1, 0.15) is 43.2 Å². The van der Waals surface area contributed by atoms with Gasteiger partial charge in [0.15, 0.2) is 0 Å². The summed E-state index contributed by atoms with van der Waals surface area (Å²) in [5, 5.41) is 40.7. The zero-order chi connectivity index (χ0) is 15.6. The van der Waals surface area contributed by atoms with Crippen molar-refractivity contribution in [2.24, 2.45) is 17.3 Å². The third kappa shape index (κ3) is 2.14. The van der Waals surface area contributed by atoms with E-state index in [1.165, 1.54) is 11.1 Å². The second-order valence-corrected chi connectivity index (χ2v) is 7.69. The molecule has 5 heteroatoms. The minimum Gasteiger partial charge on any atom is -0.508 e. The van der Waals surface area contributed by atoms with Crippen LogP contribution in [0.25, 0.3) is 0 Å². The molecular formula is C18H26O5. The number of rotatable bonds is 0. The summed E-state index contributed by atoms with van der Waals surface area (Å²) >= 11 is 0. The Labute approximate surface area is 135 Å². The molecular weight excluding hydrogens is 296 g/mol. The molecule has 2 fully saturated rings. The van der Waals surface area contributed by atoms with Gasteiger partial charge < -0.3 is 25.9 Å². The topological polar surface area (TPSA) is 112 Å². The Balaban J connectivity index is 0.00000156. The Hall–Kier alpha value is -1.14. The number of aryl methyl sites for hydroxylation is 1. The largest absolute Gasteiger partial charge is 0.508 e. The average molecular weight is 322 g/mol. The fourth-order valence-corrected chi connectivity index (χ4v) is 5.62. The predicted molar refractivity (Wildman–Crippen MR) is 85.1 cm³/mol. The van der Waals surface area contributed by atoms with Crippen LogP contribution in [0, 0.1) is 17.3 Å². The second kappa shape index (κ2) is 5.45. The molecule has 4 rings (SSSR count). The molecule has 0 spiro atoms. The maximum Gasteiger partial charge on any atom is 0.115 e. The van der Waals surface area contributed by atoms with Gasteiger partial charge in [0, 0.05) is 5.41 Å². The molecule has 5 nitrogen and oxygen atoms in total. The van der Waals surface area contributed by atoms with E-state index in [9.17, 15) is 20.4 Å². The van der Waals surface area contributed by atoms with E-state index in [0.29, 0.717) is 11.7 Å². The first-order valence-corrected chi connectivity index (χ1v) is 8.29. The lowest BCUT2D eigenvalue weighted by Gasteiger charge is -2.50. The Morgan fingerprint density at radius 3 is 2.57 bits per heavy atom. The molecule has 1 aromatic carbocycles. The molecule has 0 aliphatic heterocycles. The van der Waals surface area contributed by atoms with Gasteiger partial charge in [-0.05, 0) is 66.7 Å². The summed E-state index contributed by atoms with van der Waals surface area (Å²) in [7, 11) is 0. The molecule has 128 valence electrons.